The van der Waals surface area contributed by atoms with Crippen LogP contribution in [0.2, 0.25) is 0 Å². The van der Waals surface area contributed by atoms with Gasteiger partial charge < -0.3 is 27.0 Å². The molecule has 1 radical (unpaired) electrons. The largest absolute Gasteiger partial charge is 0.383 e. The second kappa shape index (κ2) is 17.8. The Bertz CT molecular complexity index is 951. The maximum atomic E-state index is 11.3. The molecule has 0 aliphatic heterocycles. The number of carbonyl (C=O) groups excluding carboxylic acids is 2. The fraction of sp³-hybridized carbons (Fsp3) is 0.593. The second-order valence-corrected chi connectivity index (χ2v) is 10.4. The number of alkyl halides is 1. The average Bonchev–Trinajstić information content (AvgIpc) is 3.37. The number of anilines is 1. The molecule has 2 atom stereocenters. The number of carbonyl (C=O) groups is 2. The third kappa shape index (κ3) is 12.3. The molecular formula is C27H44BrN8O2. The molecule has 1 heterocycles. The van der Waals surface area contributed by atoms with Crippen LogP contribution in [0.4, 0.5) is 10.5 Å². The van der Waals surface area contributed by atoms with Crippen LogP contribution in [-0.4, -0.2) is 58.4 Å². The van der Waals surface area contributed by atoms with Crippen LogP contribution in [0.5, 0.6) is 0 Å². The van der Waals surface area contributed by atoms with Crippen LogP contribution in [-0.2, 0) is 4.79 Å². The van der Waals surface area contributed by atoms with Crippen molar-refractivity contribution in [3.63, 3.8) is 0 Å². The lowest BCUT2D eigenvalue weighted by Gasteiger charge is -2.21. The van der Waals surface area contributed by atoms with Gasteiger partial charge in [-0.25, -0.2) is 9.48 Å². The number of halogens is 1. The van der Waals surface area contributed by atoms with Gasteiger partial charge in [-0.3, -0.25) is 4.79 Å². The zero-order valence-electron chi connectivity index (χ0n) is 22.7. The van der Waals surface area contributed by atoms with E-state index in [0.29, 0.717) is 24.3 Å². The Labute approximate surface area is 235 Å². The first-order valence-corrected chi connectivity index (χ1v) is 14.6. The summed E-state index contributed by atoms with van der Waals surface area (Å²) >= 11 is 3.16. The van der Waals surface area contributed by atoms with Crippen molar-refractivity contribution in [1.29, 1.82) is 0 Å². The van der Waals surface area contributed by atoms with Crippen molar-refractivity contribution in [2.24, 2.45) is 11.7 Å². The molecule has 6 N–H and O–H groups in total. The van der Waals surface area contributed by atoms with E-state index in [0.717, 1.165) is 68.6 Å². The van der Waals surface area contributed by atoms with Gasteiger partial charge in [0, 0.05) is 25.3 Å². The van der Waals surface area contributed by atoms with E-state index in [1.807, 2.05) is 35.1 Å². The Morgan fingerprint density at radius 2 is 1.71 bits per heavy atom. The number of rotatable bonds is 19. The fourth-order valence-electron chi connectivity index (χ4n) is 4.16. The minimum Gasteiger partial charge on any atom is -0.383 e. The smallest absolute Gasteiger partial charge is 0.312 e. The van der Waals surface area contributed by atoms with Gasteiger partial charge in [-0.1, -0.05) is 60.0 Å². The Hall–Kier alpha value is -2.66. The molecule has 1 aromatic heterocycles. The van der Waals surface area contributed by atoms with Gasteiger partial charge in [-0.05, 0) is 62.8 Å². The summed E-state index contributed by atoms with van der Waals surface area (Å²) in [7, 11) is 0. The van der Waals surface area contributed by atoms with E-state index in [4.69, 9.17) is 5.73 Å². The van der Waals surface area contributed by atoms with Gasteiger partial charge in [0.05, 0.1) is 29.3 Å². The molecule has 0 aliphatic rings. The predicted octanol–water partition coefficient (Wildman–Crippen LogP) is 3.92. The topological polar surface area (TPSA) is 139 Å². The highest BCUT2D eigenvalue weighted by Crippen LogP contribution is 2.22. The van der Waals surface area contributed by atoms with Crippen molar-refractivity contribution >= 4 is 33.6 Å². The number of benzene rings is 1. The number of nitrogens with one attached hydrogen (secondary N) is 4. The van der Waals surface area contributed by atoms with Crippen LogP contribution in [0.15, 0.2) is 30.5 Å². The number of aromatic nitrogens is 3. The van der Waals surface area contributed by atoms with Crippen LogP contribution < -0.4 is 27.0 Å². The molecule has 0 aliphatic carbocycles. The summed E-state index contributed by atoms with van der Waals surface area (Å²) in [6.45, 7) is 11.1. The summed E-state index contributed by atoms with van der Waals surface area (Å²) in [5, 5.41) is 22.0. The van der Waals surface area contributed by atoms with E-state index in [1.165, 1.54) is 0 Å². The zero-order valence-corrected chi connectivity index (χ0v) is 24.3. The molecule has 0 spiro atoms. The first-order valence-electron chi connectivity index (χ1n) is 13.5. The molecule has 3 amide bonds. The van der Waals surface area contributed by atoms with E-state index >= 15 is 0 Å². The van der Waals surface area contributed by atoms with Crippen molar-refractivity contribution < 1.29 is 9.59 Å². The summed E-state index contributed by atoms with van der Waals surface area (Å²) in [5.41, 5.74) is 8.13. The molecule has 211 valence electrons. The van der Waals surface area contributed by atoms with E-state index < -0.39 is 6.03 Å². The number of amides is 3. The fourth-order valence-corrected chi connectivity index (χ4v) is 4.36. The lowest BCUT2D eigenvalue weighted by molar-refractivity contribution is -0.118. The van der Waals surface area contributed by atoms with Gasteiger partial charge in [0.15, 0.2) is 0 Å². The number of nitrogens with two attached hydrogens (primary N) is 1. The van der Waals surface area contributed by atoms with E-state index in [1.54, 1.807) is 0 Å². The normalized spacial score (nSPS) is 12.8. The molecule has 11 heteroatoms. The van der Waals surface area contributed by atoms with E-state index in [-0.39, 0.29) is 18.0 Å². The van der Waals surface area contributed by atoms with Crippen LogP contribution in [0.1, 0.15) is 75.7 Å². The Morgan fingerprint density at radius 1 is 1.03 bits per heavy atom. The number of nitrogens with zero attached hydrogens (tertiary/aromatic N) is 3. The zero-order chi connectivity index (χ0) is 27.8. The standard InChI is InChI=1S/C27H44BrN8O2/c1-20(2)26(31-15-7-5-4-6-14-30-25(37)17-28)24-19-36(35-34-24)23(9-8-16-32-27(29)38)18-33-22-12-10-21(3)11-13-22/h10-13,19-20,23,26,31,33H,3-9,14-18H2,1-2H3,(H,30,37)(H3,29,32,38)/t23-,26-/m0/s1. The predicted molar refractivity (Wildman–Crippen MR) is 156 cm³/mol. The Morgan fingerprint density at radius 3 is 2.37 bits per heavy atom. The number of unbranched alkanes of at least 4 members (excludes halogenated alkanes) is 3. The van der Waals surface area contributed by atoms with Crippen LogP contribution in [0.25, 0.3) is 0 Å². The molecule has 0 fully saturated rings. The van der Waals surface area contributed by atoms with Gasteiger partial charge in [-0.15, -0.1) is 5.10 Å². The molecule has 0 bridgehead atoms. The lowest BCUT2D eigenvalue weighted by Crippen LogP contribution is -2.30. The molecule has 10 nitrogen and oxygen atoms in total. The average molecular weight is 593 g/mol. The SMILES string of the molecule is [CH2]c1ccc(NC[C@H](CCCNC(N)=O)n2cc([C@@H](NCCCCCCNC(=O)CBr)C(C)C)nn2)cc1. The first kappa shape index (κ1) is 31.6. The summed E-state index contributed by atoms with van der Waals surface area (Å²) < 4.78 is 1.93. The summed E-state index contributed by atoms with van der Waals surface area (Å²) in [6, 6.07) is 7.63. The number of primary amides is 1. The molecule has 1 aromatic carbocycles. The van der Waals surface area contributed by atoms with Gasteiger partial charge >= 0.3 is 6.03 Å². The highest BCUT2D eigenvalue weighted by atomic mass is 79.9. The number of urea groups is 1. The minimum absolute atomic E-state index is 0.0348. The van der Waals surface area contributed by atoms with Crippen molar-refractivity contribution in [2.45, 2.75) is 64.5 Å². The molecule has 0 saturated carbocycles. The molecule has 2 rings (SSSR count). The monoisotopic (exact) mass is 591 g/mol. The maximum absolute atomic E-state index is 11.3. The van der Waals surface area contributed by atoms with Gasteiger partial charge in [-0.2, -0.15) is 0 Å². The molecule has 0 saturated heterocycles. The lowest BCUT2D eigenvalue weighted by atomic mass is 10.0. The van der Waals surface area contributed by atoms with Crippen molar-refractivity contribution in [2.75, 3.05) is 36.8 Å². The van der Waals surface area contributed by atoms with Crippen LogP contribution in [0.3, 0.4) is 0 Å². The Balaban J connectivity index is 1.91. The van der Waals surface area contributed by atoms with Crippen LogP contribution in [0, 0.1) is 12.8 Å². The van der Waals surface area contributed by atoms with Gasteiger partial charge in [0.2, 0.25) is 5.91 Å². The molecule has 2 aromatic rings. The van der Waals surface area contributed by atoms with Gasteiger partial charge in [0.1, 0.15) is 0 Å². The highest BCUT2D eigenvalue weighted by Gasteiger charge is 2.21. The van der Waals surface area contributed by atoms with Crippen molar-refractivity contribution in [3.8, 4) is 0 Å². The van der Waals surface area contributed by atoms with Crippen molar-refractivity contribution in [1.82, 2.24) is 30.9 Å². The van der Waals surface area contributed by atoms with E-state index in [2.05, 4.69) is 68.3 Å². The van der Waals surface area contributed by atoms with Crippen molar-refractivity contribution in [3.05, 3.63) is 48.6 Å². The summed E-state index contributed by atoms with van der Waals surface area (Å²) in [6.07, 6.45) is 7.87. The number of hydrogen-bond donors (Lipinski definition) is 5. The Kier molecular flexibility index (Phi) is 14.8. The summed E-state index contributed by atoms with van der Waals surface area (Å²) in [5.74, 6) is 0.393. The first-order chi connectivity index (χ1) is 18.3. The van der Waals surface area contributed by atoms with E-state index in [9.17, 15) is 9.59 Å². The second-order valence-electron chi connectivity index (χ2n) is 9.86. The summed E-state index contributed by atoms with van der Waals surface area (Å²) in [4.78, 5) is 22.3. The highest BCUT2D eigenvalue weighted by molar-refractivity contribution is 9.09. The molecule has 38 heavy (non-hydrogen) atoms. The third-order valence-electron chi connectivity index (χ3n) is 6.31. The molecule has 0 unspecified atom stereocenters. The third-order valence-corrected chi connectivity index (χ3v) is 6.82. The number of hydrogen-bond acceptors (Lipinski definition) is 6. The quantitative estimate of drug-likeness (QED) is 0.124. The maximum Gasteiger partial charge on any atom is 0.312 e. The minimum atomic E-state index is -0.511. The van der Waals surface area contributed by atoms with Gasteiger partial charge in [0.25, 0.3) is 0 Å². The molecular weight excluding hydrogens is 548 g/mol. The van der Waals surface area contributed by atoms with Crippen LogP contribution >= 0.6 is 15.9 Å².